The minimum Gasteiger partial charge on any atom is -0.459 e. The van der Waals surface area contributed by atoms with E-state index in [4.69, 9.17) is 4.74 Å². The van der Waals surface area contributed by atoms with Crippen LogP contribution in [0.5, 0.6) is 0 Å². The molecule has 0 fully saturated rings. The molecule has 1 unspecified atom stereocenters. The summed E-state index contributed by atoms with van der Waals surface area (Å²) in [6.45, 7) is 8.63. The van der Waals surface area contributed by atoms with Gasteiger partial charge in [0.05, 0.1) is 9.82 Å². The zero-order valence-electron chi connectivity index (χ0n) is 17.8. The highest BCUT2D eigenvalue weighted by Crippen LogP contribution is 2.37. The summed E-state index contributed by atoms with van der Waals surface area (Å²) >= 11 is 1.35. The highest BCUT2D eigenvalue weighted by atomic mass is 32.2. The van der Waals surface area contributed by atoms with Gasteiger partial charge in [-0.1, -0.05) is 19.9 Å². The van der Waals surface area contributed by atoms with Crippen LogP contribution in [0.15, 0.2) is 41.3 Å². The molecule has 0 saturated heterocycles. The molecule has 0 aliphatic heterocycles. The molecule has 0 bridgehead atoms. The summed E-state index contributed by atoms with van der Waals surface area (Å²) in [5.41, 5.74) is -0.767. The largest absolute Gasteiger partial charge is 0.459 e. The molecule has 2 aromatic carbocycles. The van der Waals surface area contributed by atoms with E-state index >= 15 is 0 Å². The molecule has 0 spiro atoms. The molecular formula is C21H24N2O6S2. The molecule has 0 amide bonds. The Kier molecular flexibility index (Phi) is 6.09. The molecule has 0 aliphatic rings. The van der Waals surface area contributed by atoms with Gasteiger partial charge in [0.2, 0.25) is 10.0 Å². The number of sulfonamides is 1. The Labute approximate surface area is 184 Å². The van der Waals surface area contributed by atoms with Gasteiger partial charge in [-0.05, 0) is 44.9 Å². The van der Waals surface area contributed by atoms with Crippen molar-refractivity contribution in [3.63, 3.8) is 0 Å². The molecule has 8 nitrogen and oxygen atoms in total. The van der Waals surface area contributed by atoms with Crippen molar-refractivity contribution in [2.24, 2.45) is 5.92 Å². The standard InChI is InChI=1S/C21H24N2O6S2/c1-12(2)19(20(24)29-21(3,4)5)22-31(27,28)14-7-8-15-16-10-13(23(25)26)6-9-17(16)30-18(15)11-14/h6-12,19,22H,1-5H3. The number of carbonyl (C=O) groups excluding carboxylic acids is 1. The molecule has 166 valence electrons. The summed E-state index contributed by atoms with van der Waals surface area (Å²) in [5, 5.41) is 12.5. The maximum Gasteiger partial charge on any atom is 0.324 e. The van der Waals surface area contributed by atoms with Gasteiger partial charge in [-0.3, -0.25) is 14.9 Å². The van der Waals surface area contributed by atoms with Crippen molar-refractivity contribution in [1.29, 1.82) is 0 Å². The summed E-state index contributed by atoms with van der Waals surface area (Å²) in [7, 11) is -4.01. The second-order valence-electron chi connectivity index (χ2n) is 8.57. The Morgan fingerprint density at radius 3 is 2.35 bits per heavy atom. The van der Waals surface area contributed by atoms with Crippen molar-refractivity contribution in [1.82, 2.24) is 4.72 Å². The number of rotatable bonds is 6. The van der Waals surface area contributed by atoms with Crippen molar-refractivity contribution in [3.8, 4) is 0 Å². The lowest BCUT2D eigenvalue weighted by atomic mass is 10.1. The summed E-state index contributed by atoms with van der Waals surface area (Å²) in [6.07, 6.45) is 0. The number of non-ortho nitro benzene ring substituents is 1. The average molecular weight is 465 g/mol. The topological polar surface area (TPSA) is 116 Å². The van der Waals surface area contributed by atoms with Crippen molar-refractivity contribution >= 4 is 53.2 Å². The fraction of sp³-hybridized carbons (Fsp3) is 0.381. The Bertz CT molecular complexity index is 1270. The van der Waals surface area contributed by atoms with E-state index in [9.17, 15) is 23.3 Å². The van der Waals surface area contributed by atoms with E-state index in [1.165, 1.54) is 35.6 Å². The van der Waals surface area contributed by atoms with E-state index in [1.807, 2.05) is 0 Å². The van der Waals surface area contributed by atoms with Crippen LogP contribution < -0.4 is 4.72 Å². The highest BCUT2D eigenvalue weighted by Gasteiger charge is 2.32. The second kappa shape index (κ2) is 8.18. The number of hydrogen-bond donors (Lipinski definition) is 1. The number of nitrogens with zero attached hydrogens (tertiary/aromatic N) is 1. The zero-order chi connectivity index (χ0) is 23.1. The number of carbonyl (C=O) groups is 1. The van der Waals surface area contributed by atoms with Gasteiger partial charge in [0.25, 0.3) is 5.69 Å². The van der Waals surface area contributed by atoms with Crippen LogP contribution in [0.25, 0.3) is 20.2 Å². The van der Waals surface area contributed by atoms with Crippen molar-refractivity contribution in [3.05, 3.63) is 46.5 Å². The van der Waals surface area contributed by atoms with E-state index in [-0.39, 0.29) is 16.5 Å². The van der Waals surface area contributed by atoms with Crippen LogP contribution in [0.4, 0.5) is 5.69 Å². The van der Waals surface area contributed by atoms with Crippen LogP contribution in [0.3, 0.4) is 0 Å². The molecule has 1 heterocycles. The first kappa shape index (κ1) is 23.1. The maximum atomic E-state index is 13.0. The molecule has 1 N–H and O–H groups in total. The molecule has 1 aromatic heterocycles. The molecule has 1 atom stereocenters. The third-order valence-corrected chi connectivity index (χ3v) is 7.13. The van der Waals surface area contributed by atoms with E-state index in [1.54, 1.807) is 46.8 Å². The van der Waals surface area contributed by atoms with Crippen LogP contribution >= 0.6 is 11.3 Å². The van der Waals surface area contributed by atoms with E-state index in [0.717, 1.165) is 10.1 Å². The summed E-state index contributed by atoms with van der Waals surface area (Å²) < 4.78 is 35.4. The van der Waals surface area contributed by atoms with Crippen LogP contribution in [0, 0.1) is 16.0 Å². The minimum absolute atomic E-state index is 0.00950. The number of hydrogen-bond acceptors (Lipinski definition) is 7. The first-order valence-electron chi connectivity index (χ1n) is 9.64. The van der Waals surface area contributed by atoms with Crippen LogP contribution in [-0.2, 0) is 19.6 Å². The molecule has 3 aromatic rings. The number of thiophene rings is 1. The van der Waals surface area contributed by atoms with Gasteiger partial charge >= 0.3 is 5.97 Å². The van der Waals surface area contributed by atoms with Gasteiger partial charge in [0.1, 0.15) is 11.6 Å². The number of nitrogens with one attached hydrogen (secondary N) is 1. The summed E-state index contributed by atoms with van der Waals surface area (Å²) in [4.78, 5) is 23.1. The Morgan fingerprint density at radius 2 is 1.77 bits per heavy atom. The van der Waals surface area contributed by atoms with Crippen molar-refractivity contribution < 1.29 is 22.9 Å². The average Bonchev–Trinajstić information content (AvgIpc) is 3.01. The number of fused-ring (bicyclic) bond motifs is 3. The molecule has 10 heteroatoms. The van der Waals surface area contributed by atoms with E-state index in [2.05, 4.69) is 4.72 Å². The quantitative estimate of drug-likeness (QED) is 0.324. The number of benzene rings is 2. The van der Waals surface area contributed by atoms with Gasteiger partial charge in [0, 0.05) is 32.3 Å². The summed E-state index contributed by atoms with van der Waals surface area (Å²) in [6, 6.07) is 8.10. The fourth-order valence-corrected chi connectivity index (χ4v) is 5.64. The van der Waals surface area contributed by atoms with E-state index < -0.39 is 32.6 Å². The minimum atomic E-state index is -4.01. The second-order valence-corrected chi connectivity index (χ2v) is 11.4. The first-order valence-corrected chi connectivity index (χ1v) is 11.9. The van der Waals surface area contributed by atoms with Gasteiger partial charge in [-0.25, -0.2) is 8.42 Å². The predicted molar refractivity (Wildman–Crippen MR) is 121 cm³/mol. The smallest absolute Gasteiger partial charge is 0.324 e. The lowest BCUT2D eigenvalue weighted by Gasteiger charge is -2.26. The normalized spacial score (nSPS) is 13.6. The van der Waals surface area contributed by atoms with Crippen molar-refractivity contribution in [2.75, 3.05) is 0 Å². The number of esters is 1. The van der Waals surface area contributed by atoms with Gasteiger partial charge in [-0.15, -0.1) is 11.3 Å². The molecular weight excluding hydrogens is 440 g/mol. The highest BCUT2D eigenvalue weighted by molar-refractivity contribution is 7.89. The zero-order valence-corrected chi connectivity index (χ0v) is 19.5. The van der Waals surface area contributed by atoms with Gasteiger partial charge < -0.3 is 4.74 Å². The monoisotopic (exact) mass is 464 g/mol. The van der Waals surface area contributed by atoms with Gasteiger partial charge in [0.15, 0.2) is 0 Å². The number of ether oxygens (including phenoxy) is 1. The molecule has 3 rings (SSSR count). The lowest BCUT2D eigenvalue weighted by molar-refractivity contribution is -0.384. The van der Waals surface area contributed by atoms with Crippen LogP contribution in [0.1, 0.15) is 34.6 Å². The molecule has 0 radical (unpaired) electrons. The molecule has 0 aliphatic carbocycles. The maximum absolute atomic E-state index is 13.0. The van der Waals surface area contributed by atoms with E-state index in [0.29, 0.717) is 10.1 Å². The Balaban J connectivity index is 1.98. The summed E-state index contributed by atoms with van der Waals surface area (Å²) in [5.74, 6) is -0.959. The fourth-order valence-electron chi connectivity index (χ4n) is 3.08. The van der Waals surface area contributed by atoms with Gasteiger partial charge in [-0.2, -0.15) is 4.72 Å². The van der Waals surface area contributed by atoms with Crippen LogP contribution in [0.2, 0.25) is 0 Å². The number of nitro benzene ring substituents is 1. The Hall–Kier alpha value is -2.56. The third-order valence-electron chi connectivity index (χ3n) is 4.56. The first-order chi connectivity index (χ1) is 14.3. The van der Waals surface area contributed by atoms with Crippen LogP contribution in [-0.4, -0.2) is 31.0 Å². The Morgan fingerprint density at radius 1 is 1.10 bits per heavy atom. The lowest BCUT2D eigenvalue weighted by Crippen LogP contribution is -2.47. The van der Waals surface area contributed by atoms with Crippen molar-refractivity contribution in [2.45, 2.75) is 51.2 Å². The number of nitro groups is 1. The molecule has 0 saturated carbocycles. The third kappa shape index (κ3) is 5.03. The SMILES string of the molecule is CC(C)C(NS(=O)(=O)c1ccc2c(c1)sc1ccc([N+](=O)[O-])cc12)C(=O)OC(C)(C)C. The molecule has 31 heavy (non-hydrogen) atoms. The predicted octanol–water partition coefficient (Wildman–Crippen LogP) is 4.61.